The van der Waals surface area contributed by atoms with Gasteiger partial charge in [-0.05, 0) is 0 Å². The molecule has 0 spiro atoms. The number of ether oxygens (including phenoxy) is 2. The van der Waals surface area contributed by atoms with Gasteiger partial charge in [0.25, 0.3) is 0 Å². The standard InChI is InChI=1S/C11H21O9P/c1-10(8(12)14-3)11(2,9(13)15-4)20-21(16-5,17-6,18-7)19-10/h1-7H3/t10-,11-/m0/s1. The van der Waals surface area contributed by atoms with Gasteiger partial charge in [0.15, 0.2) is 0 Å². The molecule has 0 aromatic carbocycles. The van der Waals surface area contributed by atoms with Gasteiger partial charge in [-0.25, -0.2) is 0 Å². The molecule has 1 aliphatic rings. The number of carbonyl (C=O) groups excluding carboxylic acids is 2. The van der Waals surface area contributed by atoms with Crippen molar-refractivity contribution in [1.29, 1.82) is 0 Å². The molecule has 0 saturated carbocycles. The molecule has 1 rings (SSSR count). The van der Waals surface area contributed by atoms with Crippen molar-refractivity contribution in [2.75, 3.05) is 35.5 Å². The fourth-order valence-electron chi connectivity index (χ4n) is 2.09. The van der Waals surface area contributed by atoms with Crippen molar-refractivity contribution in [2.45, 2.75) is 25.0 Å². The zero-order valence-electron chi connectivity index (χ0n) is 13.1. The molecule has 10 heteroatoms. The van der Waals surface area contributed by atoms with Gasteiger partial charge in [0, 0.05) is 0 Å². The van der Waals surface area contributed by atoms with Crippen LogP contribution >= 0.6 is 7.74 Å². The predicted molar refractivity (Wildman–Crippen MR) is 71.0 cm³/mol. The maximum atomic E-state index is 12.2. The molecule has 1 heterocycles. The molecule has 0 radical (unpaired) electrons. The van der Waals surface area contributed by atoms with Gasteiger partial charge in [0.1, 0.15) is 0 Å². The van der Waals surface area contributed by atoms with Crippen molar-refractivity contribution in [3.8, 4) is 0 Å². The van der Waals surface area contributed by atoms with E-state index in [1.807, 2.05) is 0 Å². The first-order chi connectivity index (χ1) is 9.62. The Labute approximate surface area is 123 Å². The predicted octanol–water partition coefficient (Wildman–Crippen LogP) is 0.964. The van der Waals surface area contributed by atoms with E-state index in [1.165, 1.54) is 35.2 Å². The molecule has 0 amide bonds. The zero-order valence-corrected chi connectivity index (χ0v) is 14.0. The monoisotopic (exact) mass is 328 g/mol. The summed E-state index contributed by atoms with van der Waals surface area (Å²) in [5, 5.41) is 0. The SMILES string of the molecule is COC(=O)[C@]1(C)OP(OC)(OC)(OC)O[C@@]1(C)C(=O)OC. The van der Waals surface area contributed by atoms with Gasteiger partial charge in [0.2, 0.25) is 0 Å². The zero-order chi connectivity index (χ0) is 16.6. The average Bonchev–Trinajstić information content (AvgIpc) is 2.74. The number of hydrogen-bond acceptors (Lipinski definition) is 9. The van der Waals surface area contributed by atoms with E-state index in [-0.39, 0.29) is 0 Å². The Hall–Kier alpha value is -0.830. The molecular formula is C11H21O9P. The normalized spacial score (nSPS) is 35.5. The molecule has 0 aromatic heterocycles. The summed E-state index contributed by atoms with van der Waals surface area (Å²) in [7, 11) is 1.31. The molecule has 0 aromatic rings. The Kier molecular flexibility index (Phi) is 4.70. The van der Waals surface area contributed by atoms with Gasteiger partial charge in [-0.15, -0.1) is 0 Å². The maximum absolute atomic E-state index is 12.2. The molecule has 2 atom stereocenters. The Morgan fingerprint density at radius 3 is 1.24 bits per heavy atom. The molecule has 0 unspecified atom stereocenters. The first-order valence-electron chi connectivity index (χ1n) is 5.93. The summed E-state index contributed by atoms with van der Waals surface area (Å²) in [6.07, 6.45) is 0. The van der Waals surface area contributed by atoms with E-state index in [0.29, 0.717) is 0 Å². The van der Waals surface area contributed by atoms with Crippen LogP contribution in [0.15, 0.2) is 0 Å². The van der Waals surface area contributed by atoms with E-state index in [2.05, 4.69) is 0 Å². The van der Waals surface area contributed by atoms with E-state index in [4.69, 9.17) is 32.1 Å². The van der Waals surface area contributed by atoms with Crippen LogP contribution < -0.4 is 0 Å². The molecule has 1 fully saturated rings. The summed E-state index contributed by atoms with van der Waals surface area (Å²) in [4.78, 5) is 24.3. The van der Waals surface area contributed by atoms with Crippen LogP contribution in [0.1, 0.15) is 13.8 Å². The van der Waals surface area contributed by atoms with E-state index in [0.717, 1.165) is 14.2 Å². The summed E-state index contributed by atoms with van der Waals surface area (Å²) in [6, 6.07) is 0. The second-order valence-electron chi connectivity index (χ2n) is 4.53. The van der Waals surface area contributed by atoms with Gasteiger partial charge < -0.3 is 0 Å². The van der Waals surface area contributed by atoms with Crippen molar-refractivity contribution in [1.82, 2.24) is 0 Å². The summed E-state index contributed by atoms with van der Waals surface area (Å²) in [5.74, 6) is -1.74. The third-order valence-corrected chi connectivity index (χ3v) is 6.73. The van der Waals surface area contributed by atoms with Crippen molar-refractivity contribution in [3.63, 3.8) is 0 Å². The fraction of sp³-hybridized carbons (Fsp3) is 0.818. The van der Waals surface area contributed by atoms with E-state index >= 15 is 0 Å². The third kappa shape index (κ3) is 2.25. The number of hydrogen-bond donors (Lipinski definition) is 0. The minimum absolute atomic E-state index is 0.868. The average molecular weight is 328 g/mol. The molecule has 0 N–H and O–H groups in total. The van der Waals surface area contributed by atoms with Crippen LogP contribution in [-0.2, 0) is 41.7 Å². The van der Waals surface area contributed by atoms with Crippen molar-refractivity contribution in [3.05, 3.63) is 0 Å². The number of rotatable bonds is 5. The number of carbonyl (C=O) groups is 2. The van der Waals surface area contributed by atoms with Crippen LogP contribution in [0.2, 0.25) is 0 Å². The Balaban J connectivity index is 3.56. The van der Waals surface area contributed by atoms with Crippen molar-refractivity contribution < 1.29 is 41.7 Å². The first kappa shape index (κ1) is 18.2. The third-order valence-electron chi connectivity index (χ3n) is 3.62. The van der Waals surface area contributed by atoms with Crippen LogP contribution in [0.4, 0.5) is 0 Å². The van der Waals surface area contributed by atoms with Gasteiger partial charge in [-0.2, -0.15) is 0 Å². The molecule has 21 heavy (non-hydrogen) atoms. The van der Waals surface area contributed by atoms with Crippen molar-refractivity contribution in [2.24, 2.45) is 0 Å². The molecule has 1 saturated heterocycles. The van der Waals surface area contributed by atoms with E-state index in [9.17, 15) is 9.59 Å². The molecule has 1 aliphatic heterocycles. The van der Waals surface area contributed by atoms with Gasteiger partial charge >= 0.3 is 122 Å². The van der Waals surface area contributed by atoms with Crippen LogP contribution in [-0.4, -0.2) is 58.7 Å². The summed E-state index contributed by atoms with van der Waals surface area (Å²) >= 11 is 0. The molecular weight excluding hydrogens is 307 g/mol. The number of methoxy groups -OCH3 is 2. The van der Waals surface area contributed by atoms with E-state index in [1.54, 1.807) is 0 Å². The first-order valence-corrected chi connectivity index (χ1v) is 7.75. The fourth-order valence-corrected chi connectivity index (χ4v) is 4.71. The second-order valence-corrected chi connectivity index (χ2v) is 7.48. The summed E-state index contributed by atoms with van der Waals surface area (Å²) < 4.78 is 36.2. The van der Waals surface area contributed by atoms with Crippen LogP contribution in [0.5, 0.6) is 0 Å². The molecule has 0 aliphatic carbocycles. The Morgan fingerprint density at radius 1 is 0.762 bits per heavy atom. The molecule has 124 valence electrons. The van der Waals surface area contributed by atoms with Crippen molar-refractivity contribution >= 4 is 19.7 Å². The van der Waals surface area contributed by atoms with Gasteiger partial charge in [-0.1, -0.05) is 0 Å². The van der Waals surface area contributed by atoms with Gasteiger partial charge in [-0.3, -0.25) is 0 Å². The quantitative estimate of drug-likeness (QED) is 0.540. The number of esters is 2. The van der Waals surface area contributed by atoms with Crippen LogP contribution in [0, 0.1) is 0 Å². The summed E-state index contributed by atoms with van der Waals surface area (Å²) in [6.45, 7) is 2.61. The van der Waals surface area contributed by atoms with Crippen LogP contribution in [0.25, 0.3) is 0 Å². The molecule has 0 bridgehead atoms. The minimum atomic E-state index is -4.62. The van der Waals surface area contributed by atoms with Crippen LogP contribution in [0.3, 0.4) is 0 Å². The summed E-state index contributed by atoms with van der Waals surface area (Å²) in [5.41, 5.74) is -3.79. The van der Waals surface area contributed by atoms with E-state index < -0.39 is 30.9 Å². The molecule has 9 nitrogen and oxygen atoms in total. The Morgan fingerprint density at radius 2 is 1.05 bits per heavy atom. The van der Waals surface area contributed by atoms with Gasteiger partial charge in [0.05, 0.1) is 0 Å². The topological polar surface area (TPSA) is 98.8 Å². The Bertz CT molecular complexity index is 404. The second kappa shape index (κ2) is 5.42.